The van der Waals surface area contributed by atoms with Crippen molar-refractivity contribution in [1.82, 2.24) is 0 Å². The Bertz CT molecular complexity index is 688. The van der Waals surface area contributed by atoms with E-state index < -0.39 is 0 Å². The normalized spacial score (nSPS) is 21.2. The summed E-state index contributed by atoms with van der Waals surface area (Å²) in [7, 11) is 0. The molecule has 1 amide bonds. The monoisotopic (exact) mass is 305 g/mol. The standard InChI is InChI=1S/C21H23NO/c23-21(17-11-5-2-6-12-17)22-15-19(16-9-3-1-4-10-16)18-13-7-8-14-20(18)22/h1,3-4,7-10,13-14,17,19H,2,5-6,11-12,15H2. The van der Waals surface area contributed by atoms with Crippen LogP contribution in [0.5, 0.6) is 0 Å². The quantitative estimate of drug-likeness (QED) is 0.784. The van der Waals surface area contributed by atoms with Crippen molar-refractivity contribution in [3.05, 3.63) is 65.7 Å². The van der Waals surface area contributed by atoms with Crippen molar-refractivity contribution in [1.29, 1.82) is 0 Å². The zero-order chi connectivity index (χ0) is 15.6. The Morgan fingerprint density at radius 1 is 0.870 bits per heavy atom. The molecule has 2 nitrogen and oxygen atoms in total. The van der Waals surface area contributed by atoms with Gasteiger partial charge in [-0.1, -0.05) is 67.8 Å². The summed E-state index contributed by atoms with van der Waals surface area (Å²) in [6, 6.07) is 19.0. The summed E-state index contributed by atoms with van der Waals surface area (Å²) in [5.41, 5.74) is 3.72. The molecule has 0 spiro atoms. The fourth-order valence-corrected chi connectivity index (χ4v) is 4.16. The number of carbonyl (C=O) groups excluding carboxylic acids is 1. The van der Waals surface area contributed by atoms with Crippen molar-refractivity contribution in [2.45, 2.75) is 38.0 Å². The third-order valence-corrected chi connectivity index (χ3v) is 5.39. The molecule has 0 saturated heterocycles. The van der Waals surface area contributed by atoms with Crippen LogP contribution in [0.3, 0.4) is 0 Å². The largest absolute Gasteiger partial charge is 0.311 e. The molecule has 118 valence electrons. The predicted octanol–water partition coefficient (Wildman–Crippen LogP) is 4.75. The van der Waals surface area contributed by atoms with Crippen molar-refractivity contribution in [3.8, 4) is 0 Å². The minimum atomic E-state index is 0.228. The van der Waals surface area contributed by atoms with E-state index in [-0.39, 0.29) is 5.92 Å². The summed E-state index contributed by atoms with van der Waals surface area (Å²) in [5.74, 6) is 0.877. The maximum Gasteiger partial charge on any atom is 0.230 e. The van der Waals surface area contributed by atoms with Crippen LogP contribution in [0.2, 0.25) is 0 Å². The summed E-state index contributed by atoms with van der Waals surface area (Å²) < 4.78 is 0. The first-order valence-corrected chi connectivity index (χ1v) is 8.80. The van der Waals surface area contributed by atoms with Crippen molar-refractivity contribution in [2.24, 2.45) is 5.92 Å². The van der Waals surface area contributed by atoms with Gasteiger partial charge >= 0.3 is 0 Å². The number of hydrogen-bond acceptors (Lipinski definition) is 1. The topological polar surface area (TPSA) is 20.3 Å². The lowest BCUT2D eigenvalue weighted by Gasteiger charge is -2.27. The fraction of sp³-hybridized carbons (Fsp3) is 0.381. The number of fused-ring (bicyclic) bond motifs is 1. The van der Waals surface area contributed by atoms with E-state index >= 15 is 0 Å². The van der Waals surface area contributed by atoms with Crippen LogP contribution in [0.4, 0.5) is 5.69 Å². The molecule has 0 radical (unpaired) electrons. The first-order chi connectivity index (χ1) is 11.3. The van der Waals surface area contributed by atoms with Crippen LogP contribution < -0.4 is 4.90 Å². The summed E-state index contributed by atoms with van der Waals surface area (Å²) >= 11 is 0. The van der Waals surface area contributed by atoms with Gasteiger partial charge in [-0.25, -0.2) is 0 Å². The predicted molar refractivity (Wildman–Crippen MR) is 93.7 cm³/mol. The highest BCUT2D eigenvalue weighted by Gasteiger charge is 2.36. The highest BCUT2D eigenvalue weighted by molar-refractivity contribution is 5.97. The number of para-hydroxylation sites is 1. The summed E-state index contributed by atoms with van der Waals surface area (Å²) in [4.78, 5) is 15.1. The van der Waals surface area contributed by atoms with Gasteiger partial charge in [-0.2, -0.15) is 0 Å². The van der Waals surface area contributed by atoms with Gasteiger partial charge in [0.15, 0.2) is 0 Å². The zero-order valence-electron chi connectivity index (χ0n) is 13.4. The summed E-state index contributed by atoms with van der Waals surface area (Å²) in [5, 5.41) is 0. The fourth-order valence-electron chi connectivity index (χ4n) is 4.16. The van der Waals surface area contributed by atoms with Crippen molar-refractivity contribution >= 4 is 11.6 Å². The van der Waals surface area contributed by atoms with E-state index in [0.29, 0.717) is 11.8 Å². The molecule has 4 rings (SSSR count). The van der Waals surface area contributed by atoms with Gasteiger partial charge in [0.2, 0.25) is 5.91 Å². The van der Waals surface area contributed by atoms with Crippen LogP contribution in [-0.4, -0.2) is 12.5 Å². The van der Waals surface area contributed by atoms with Gasteiger partial charge in [0.1, 0.15) is 0 Å². The lowest BCUT2D eigenvalue weighted by Crippen LogP contribution is -2.36. The van der Waals surface area contributed by atoms with Gasteiger partial charge in [-0.05, 0) is 30.0 Å². The lowest BCUT2D eigenvalue weighted by molar-refractivity contribution is -0.123. The Kier molecular flexibility index (Phi) is 3.90. The molecule has 0 bridgehead atoms. The molecule has 1 saturated carbocycles. The second kappa shape index (κ2) is 6.19. The van der Waals surface area contributed by atoms with E-state index in [1.165, 1.54) is 30.4 Å². The van der Waals surface area contributed by atoms with Crippen LogP contribution in [0.15, 0.2) is 54.6 Å². The van der Waals surface area contributed by atoms with Crippen molar-refractivity contribution < 1.29 is 4.79 Å². The van der Waals surface area contributed by atoms with Gasteiger partial charge in [-0.15, -0.1) is 0 Å². The second-order valence-corrected chi connectivity index (χ2v) is 6.81. The minimum Gasteiger partial charge on any atom is -0.311 e. The maximum absolute atomic E-state index is 13.1. The summed E-state index contributed by atoms with van der Waals surface area (Å²) in [6.07, 6.45) is 5.82. The minimum absolute atomic E-state index is 0.228. The highest BCUT2D eigenvalue weighted by Crippen LogP contribution is 2.41. The third-order valence-electron chi connectivity index (χ3n) is 5.39. The molecule has 0 N–H and O–H groups in total. The first kappa shape index (κ1) is 14.5. The maximum atomic E-state index is 13.1. The zero-order valence-corrected chi connectivity index (χ0v) is 13.4. The second-order valence-electron chi connectivity index (χ2n) is 6.81. The Morgan fingerprint density at radius 2 is 1.57 bits per heavy atom. The first-order valence-electron chi connectivity index (χ1n) is 8.80. The van der Waals surface area contributed by atoms with E-state index in [0.717, 1.165) is 25.1 Å². The van der Waals surface area contributed by atoms with Crippen LogP contribution in [0.1, 0.15) is 49.1 Å². The molecule has 1 heterocycles. The molecular weight excluding hydrogens is 282 g/mol. The third kappa shape index (κ3) is 2.67. The average molecular weight is 305 g/mol. The number of nitrogens with zero attached hydrogens (tertiary/aromatic N) is 1. The smallest absolute Gasteiger partial charge is 0.230 e. The number of amides is 1. The van der Waals surface area contributed by atoms with Gasteiger partial charge in [0, 0.05) is 24.1 Å². The van der Waals surface area contributed by atoms with E-state index in [2.05, 4.69) is 53.4 Å². The van der Waals surface area contributed by atoms with Gasteiger partial charge < -0.3 is 4.90 Å². The van der Waals surface area contributed by atoms with E-state index in [4.69, 9.17) is 0 Å². The Morgan fingerprint density at radius 3 is 2.35 bits per heavy atom. The molecule has 2 aromatic rings. The van der Waals surface area contributed by atoms with Gasteiger partial charge in [-0.3, -0.25) is 4.79 Å². The lowest BCUT2D eigenvalue weighted by atomic mass is 9.88. The Balaban J connectivity index is 1.66. The molecule has 23 heavy (non-hydrogen) atoms. The molecule has 1 aliphatic heterocycles. The molecule has 1 fully saturated rings. The average Bonchev–Trinajstić information content (AvgIpc) is 3.02. The number of benzene rings is 2. The van der Waals surface area contributed by atoms with Crippen LogP contribution in [0, 0.1) is 5.92 Å². The Hall–Kier alpha value is -2.09. The number of anilines is 1. The molecular formula is C21H23NO. The van der Waals surface area contributed by atoms with Crippen molar-refractivity contribution in [3.63, 3.8) is 0 Å². The molecule has 2 aromatic carbocycles. The number of hydrogen-bond donors (Lipinski definition) is 0. The van der Waals surface area contributed by atoms with Gasteiger partial charge in [0.25, 0.3) is 0 Å². The van der Waals surface area contributed by atoms with Crippen LogP contribution >= 0.6 is 0 Å². The number of carbonyl (C=O) groups is 1. The Labute approximate surface area is 138 Å². The highest BCUT2D eigenvalue weighted by atomic mass is 16.2. The van der Waals surface area contributed by atoms with E-state index in [1.54, 1.807) is 0 Å². The molecule has 1 atom stereocenters. The SMILES string of the molecule is O=C(C1CCCCC1)N1CC(c2ccccc2)c2ccccc21. The van der Waals surface area contributed by atoms with Crippen LogP contribution in [-0.2, 0) is 4.79 Å². The summed E-state index contributed by atoms with van der Waals surface area (Å²) in [6.45, 7) is 0.790. The van der Waals surface area contributed by atoms with Crippen molar-refractivity contribution in [2.75, 3.05) is 11.4 Å². The van der Waals surface area contributed by atoms with E-state index in [9.17, 15) is 4.79 Å². The number of rotatable bonds is 2. The molecule has 1 unspecified atom stereocenters. The molecule has 2 aliphatic rings. The molecule has 2 heteroatoms. The van der Waals surface area contributed by atoms with Gasteiger partial charge in [0.05, 0.1) is 0 Å². The molecule has 0 aromatic heterocycles. The molecule has 1 aliphatic carbocycles. The van der Waals surface area contributed by atoms with Crippen LogP contribution in [0.25, 0.3) is 0 Å². The van der Waals surface area contributed by atoms with E-state index in [1.807, 2.05) is 6.07 Å².